The molecule has 3 heterocycles. The van der Waals surface area contributed by atoms with Crippen LogP contribution >= 0.6 is 0 Å². The van der Waals surface area contributed by atoms with Crippen molar-refractivity contribution in [1.82, 2.24) is 15.1 Å². The van der Waals surface area contributed by atoms with Crippen LogP contribution in [-0.2, 0) is 13.1 Å². The minimum atomic E-state index is 0.748. The van der Waals surface area contributed by atoms with Gasteiger partial charge >= 0.3 is 0 Å². The molecule has 4 rings (SSSR count). The molecule has 21 heavy (non-hydrogen) atoms. The summed E-state index contributed by atoms with van der Waals surface area (Å²) in [4.78, 5) is 5.24. The van der Waals surface area contributed by atoms with E-state index in [4.69, 9.17) is 4.42 Å². The largest absolute Gasteiger partial charge is 0.463 e. The molecule has 0 radical (unpaired) electrons. The number of nitrogens with zero attached hydrogens (tertiary/aromatic N) is 2. The van der Waals surface area contributed by atoms with Crippen LogP contribution in [0.5, 0.6) is 0 Å². The van der Waals surface area contributed by atoms with E-state index >= 15 is 0 Å². The fourth-order valence-corrected chi connectivity index (χ4v) is 3.72. The van der Waals surface area contributed by atoms with Gasteiger partial charge in [0.25, 0.3) is 0 Å². The summed E-state index contributed by atoms with van der Waals surface area (Å²) >= 11 is 0. The van der Waals surface area contributed by atoms with Gasteiger partial charge in [-0.2, -0.15) is 0 Å². The lowest BCUT2D eigenvalue weighted by Gasteiger charge is -2.23. The highest BCUT2D eigenvalue weighted by molar-refractivity contribution is 5.08. The number of hydrogen-bond donors (Lipinski definition) is 1. The molecule has 4 heteroatoms. The predicted molar refractivity (Wildman–Crippen MR) is 83.1 cm³/mol. The van der Waals surface area contributed by atoms with Crippen LogP contribution in [0.4, 0.5) is 0 Å². The van der Waals surface area contributed by atoms with E-state index in [1.54, 1.807) is 0 Å². The van der Waals surface area contributed by atoms with Crippen molar-refractivity contribution in [2.24, 2.45) is 0 Å². The van der Waals surface area contributed by atoms with Crippen molar-refractivity contribution in [3.63, 3.8) is 0 Å². The van der Waals surface area contributed by atoms with Gasteiger partial charge in [0.1, 0.15) is 11.5 Å². The zero-order chi connectivity index (χ0) is 14.1. The van der Waals surface area contributed by atoms with Crippen molar-refractivity contribution in [2.75, 3.05) is 26.2 Å². The van der Waals surface area contributed by atoms with Gasteiger partial charge in [-0.25, -0.2) is 0 Å². The quantitative estimate of drug-likeness (QED) is 0.870. The van der Waals surface area contributed by atoms with Crippen LogP contribution in [0.25, 0.3) is 0 Å². The molecule has 0 aromatic carbocycles. The second-order valence-corrected chi connectivity index (χ2v) is 6.94. The van der Waals surface area contributed by atoms with Crippen LogP contribution in [0.15, 0.2) is 16.5 Å². The zero-order valence-electron chi connectivity index (χ0n) is 12.9. The molecule has 1 saturated carbocycles. The minimum absolute atomic E-state index is 0.748. The zero-order valence-corrected chi connectivity index (χ0v) is 12.9. The van der Waals surface area contributed by atoms with Gasteiger partial charge in [0.05, 0.1) is 13.1 Å². The molecule has 3 fully saturated rings. The molecule has 4 nitrogen and oxygen atoms in total. The van der Waals surface area contributed by atoms with E-state index in [0.29, 0.717) is 0 Å². The average Bonchev–Trinajstić information content (AvgIpc) is 2.93. The highest BCUT2D eigenvalue weighted by Gasteiger charge is 2.29. The van der Waals surface area contributed by atoms with Gasteiger partial charge in [0, 0.05) is 25.2 Å². The molecular formula is C17H27N3O. The van der Waals surface area contributed by atoms with Gasteiger partial charge < -0.3 is 9.73 Å². The fraction of sp³-hybridized carbons (Fsp3) is 0.765. The summed E-state index contributed by atoms with van der Waals surface area (Å²) in [6.07, 6.45) is 6.79. The number of nitrogens with one attached hydrogen (secondary N) is 1. The topological polar surface area (TPSA) is 31.6 Å². The van der Waals surface area contributed by atoms with Crippen molar-refractivity contribution in [1.29, 1.82) is 0 Å². The van der Waals surface area contributed by atoms with Gasteiger partial charge in [0.2, 0.25) is 0 Å². The summed E-state index contributed by atoms with van der Waals surface area (Å²) in [7, 11) is 0. The minimum Gasteiger partial charge on any atom is -0.463 e. The highest BCUT2D eigenvalue weighted by atomic mass is 16.3. The Balaban J connectivity index is 1.25. The average molecular weight is 289 g/mol. The van der Waals surface area contributed by atoms with Gasteiger partial charge in [-0.05, 0) is 57.3 Å². The molecule has 2 aliphatic heterocycles. The normalized spacial score (nSPS) is 27.7. The predicted octanol–water partition coefficient (Wildman–Crippen LogP) is 2.20. The first-order valence-electron chi connectivity index (χ1n) is 8.64. The second kappa shape index (κ2) is 6.11. The van der Waals surface area contributed by atoms with Gasteiger partial charge in [-0.15, -0.1) is 0 Å². The first kappa shape index (κ1) is 13.8. The molecule has 0 bridgehead atoms. The monoisotopic (exact) mass is 289 g/mol. The maximum Gasteiger partial charge on any atom is 0.118 e. The van der Waals surface area contributed by atoms with Crippen molar-refractivity contribution in [3.8, 4) is 0 Å². The number of hydrogen-bond acceptors (Lipinski definition) is 4. The van der Waals surface area contributed by atoms with Crippen LogP contribution < -0.4 is 5.32 Å². The van der Waals surface area contributed by atoms with Crippen molar-refractivity contribution < 1.29 is 4.42 Å². The first-order valence-corrected chi connectivity index (χ1v) is 8.64. The molecule has 3 aliphatic rings. The van der Waals surface area contributed by atoms with E-state index in [1.165, 1.54) is 58.3 Å². The van der Waals surface area contributed by atoms with Gasteiger partial charge in [-0.1, -0.05) is 0 Å². The molecule has 0 spiro atoms. The summed E-state index contributed by atoms with van der Waals surface area (Å²) < 4.78 is 5.97. The van der Waals surface area contributed by atoms with E-state index < -0.39 is 0 Å². The van der Waals surface area contributed by atoms with E-state index in [-0.39, 0.29) is 0 Å². The lowest BCUT2D eigenvalue weighted by Crippen LogP contribution is -2.35. The van der Waals surface area contributed by atoms with E-state index in [2.05, 4.69) is 27.2 Å². The molecule has 1 atom stereocenters. The summed E-state index contributed by atoms with van der Waals surface area (Å²) in [5.41, 5.74) is 0. The Morgan fingerprint density at radius 1 is 1.05 bits per heavy atom. The lowest BCUT2D eigenvalue weighted by molar-refractivity contribution is 0.222. The van der Waals surface area contributed by atoms with E-state index in [9.17, 15) is 0 Å². The molecule has 2 saturated heterocycles. The Kier molecular flexibility index (Phi) is 4.01. The summed E-state index contributed by atoms with van der Waals surface area (Å²) in [6, 6.07) is 5.84. The molecular weight excluding hydrogens is 262 g/mol. The maximum absolute atomic E-state index is 5.97. The Hall–Kier alpha value is -0.840. The number of furan rings is 1. The maximum atomic E-state index is 5.97. The van der Waals surface area contributed by atoms with Gasteiger partial charge in [-0.3, -0.25) is 9.80 Å². The Labute approximate surface area is 127 Å². The Morgan fingerprint density at radius 2 is 1.86 bits per heavy atom. The molecule has 1 aliphatic carbocycles. The molecule has 116 valence electrons. The SMILES string of the molecule is c1cc(CN2CCC(N3CCCC3)C2)oc1CNC1CC1. The number of likely N-dealkylation sites (tertiary alicyclic amines) is 2. The second-order valence-electron chi connectivity index (χ2n) is 6.94. The molecule has 1 unspecified atom stereocenters. The summed E-state index contributed by atoms with van der Waals surface area (Å²) in [5, 5.41) is 3.51. The molecule has 1 aromatic heterocycles. The Morgan fingerprint density at radius 3 is 2.67 bits per heavy atom. The molecule has 1 aromatic rings. The van der Waals surface area contributed by atoms with Gasteiger partial charge in [0.15, 0.2) is 0 Å². The van der Waals surface area contributed by atoms with Crippen molar-refractivity contribution >= 4 is 0 Å². The third-order valence-electron chi connectivity index (χ3n) is 5.14. The van der Waals surface area contributed by atoms with Crippen LogP contribution in [0.2, 0.25) is 0 Å². The van der Waals surface area contributed by atoms with Crippen LogP contribution in [0, 0.1) is 0 Å². The van der Waals surface area contributed by atoms with Crippen LogP contribution in [0.3, 0.4) is 0 Å². The number of rotatable bonds is 6. The summed E-state index contributed by atoms with van der Waals surface area (Å²) in [6.45, 7) is 6.94. The Bertz CT molecular complexity index is 462. The van der Waals surface area contributed by atoms with Crippen molar-refractivity contribution in [3.05, 3.63) is 23.7 Å². The third kappa shape index (κ3) is 3.50. The van der Waals surface area contributed by atoms with E-state index in [0.717, 1.165) is 36.7 Å². The summed E-state index contributed by atoms with van der Waals surface area (Å²) in [5.74, 6) is 2.22. The molecule has 0 amide bonds. The first-order chi connectivity index (χ1) is 10.4. The van der Waals surface area contributed by atoms with E-state index in [1.807, 2.05) is 0 Å². The van der Waals surface area contributed by atoms with Crippen LogP contribution in [-0.4, -0.2) is 48.1 Å². The molecule has 1 N–H and O–H groups in total. The standard InChI is InChI=1S/C17H27N3O/c1-2-9-20(8-1)15-7-10-19(12-15)13-17-6-5-16(21-17)11-18-14-3-4-14/h5-6,14-15,18H,1-4,7-13H2. The van der Waals surface area contributed by atoms with Crippen molar-refractivity contribution in [2.45, 2.75) is 57.3 Å². The third-order valence-corrected chi connectivity index (χ3v) is 5.14. The van der Waals surface area contributed by atoms with Crippen LogP contribution in [0.1, 0.15) is 43.6 Å². The lowest BCUT2D eigenvalue weighted by atomic mass is 10.2. The highest BCUT2D eigenvalue weighted by Crippen LogP contribution is 2.23. The smallest absolute Gasteiger partial charge is 0.118 e. The fourth-order valence-electron chi connectivity index (χ4n) is 3.72.